The fourth-order valence-corrected chi connectivity index (χ4v) is 13.3. The molecular weight excluding hydrogens is 836 g/mol. The average molecular weight is 871 g/mol. The van der Waals surface area contributed by atoms with Crippen molar-refractivity contribution in [3.05, 3.63) is 213 Å². The van der Waals surface area contributed by atoms with E-state index in [-0.39, 0.29) is 6.71 Å². The first-order chi connectivity index (χ1) is 34.3. The van der Waals surface area contributed by atoms with Crippen molar-refractivity contribution in [3.8, 4) is 33.9 Å². The summed E-state index contributed by atoms with van der Waals surface area (Å²) in [5.41, 5.74) is 15.6. The van der Waals surface area contributed by atoms with Crippen LogP contribution in [-0.4, -0.2) is 25.8 Å². The van der Waals surface area contributed by atoms with Crippen LogP contribution in [0.4, 0.5) is 0 Å². The summed E-state index contributed by atoms with van der Waals surface area (Å²) in [6.07, 6.45) is 3.80. The van der Waals surface area contributed by atoms with Crippen molar-refractivity contribution in [2.45, 2.75) is 0 Å². The predicted molar refractivity (Wildman–Crippen MR) is 291 cm³/mol. The fourth-order valence-electron chi connectivity index (χ4n) is 13.3. The van der Waals surface area contributed by atoms with Crippen molar-refractivity contribution in [1.82, 2.24) is 19.1 Å². The summed E-state index contributed by atoms with van der Waals surface area (Å²) in [5.74, 6) is 0. The molecule has 0 spiro atoms. The first kappa shape index (κ1) is 36.1. The minimum Gasteiger partial charge on any atom is -0.310 e. The molecule has 4 nitrogen and oxygen atoms in total. The normalized spacial score (nSPS) is 12.9. The molecular formula is C64H35BN4. The molecule has 6 heterocycles. The zero-order valence-electron chi connectivity index (χ0n) is 37.1. The van der Waals surface area contributed by atoms with E-state index in [1.165, 1.54) is 136 Å². The number of aromatic nitrogens is 4. The quantitative estimate of drug-likeness (QED) is 0.128. The molecule has 15 aromatic rings. The third kappa shape index (κ3) is 4.46. The Labute approximate surface area is 395 Å². The van der Waals surface area contributed by atoms with Crippen molar-refractivity contribution in [2.24, 2.45) is 0 Å². The summed E-state index contributed by atoms with van der Waals surface area (Å²) < 4.78 is 5.22. The molecule has 0 fully saturated rings. The Balaban J connectivity index is 1.12. The second-order valence-corrected chi connectivity index (χ2v) is 19.1. The number of hydrogen-bond acceptors (Lipinski definition) is 2. The van der Waals surface area contributed by atoms with Crippen LogP contribution in [0.25, 0.3) is 142 Å². The molecule has 0 saturated heterocycles. The largest absolute Gasteiger partial charge is 0.310 e. The molecule has 17 rings (SSSR count). The van der Waals surface area contributed by atoms with Gasteiger partial charge in [0, 0.05) is 67.2 Å². The fraction of sp³-hybridized carbons (Fsp3) is 0. The molecule has 0 atom stereocenters. The maximum Gasteiger partial charge on any atom is 0.252 e. The van der Waals surface area contributed by atoms with Gasteiger partial charge in [-0.2, -0.15) is 0 Å². The monoisotopic (exact) mass is 870 g/mol. The predicted octanol–water partition coefficient (Wildman–Crippen LogP) is 14.1. The van der Waals surface area contributed by atoms with Crippen molar-refractivity contribution >= 4 is 131 Å². The summed E-state index contributed by atoms with van der Waals surface area (Å²) in [4.78, 5) is 9.73. The first-order valence-corrected chi connectivity index (χ1v) is 23.9. The Morgan fingerprint density at radius 1 is 0.304 bits per heavy atom. The Hall–Kier alpha value is -9.06. The molecule has 69 heavy (non-hydrogen) atoms. The highest BCUT2D eigenvalue weighted by Crippen LogP contribution is 2.48. The van der Waals surface area contributed by atoms with E-state index in [1.54, 1.807) is 0 Å². The Morgan fingerprint density at radius 3 is 1.12 bits per heavy atom. The van der Waals surface area contributed by atoms with E-state index in [0.29, 0.717) is 0 Å². The molecule has 0 amide bonds. The summed E-state index contributed by atoms with van der Waals surface area (Å²) in [6, 6.07) is 74.9. The third-order valence-electron chi connectivity index (χ3n) is 15.9. The van der Waals surface area contributed by atoms with Crippen molar-refractivity contribution in [3.63, 3.8) is 0 Å². The molecule has 11 aromatic carbocycles. The van der Waals surface area contributed by atoms with Crippen LogP contribution in [-0.2, 0) is 0 Å². The number of benzene rings is 11. The molecule has 314 valence electrons. The van der Waals surface area contributed by atoms with Crippen LogP contribution in [0.1, 0.15) is 0 Å². The molecule has 4 aromatic heterocycles. The second kappa shape index (κ2) is 12.9. The highest BCUT2D eigenvalue weighted by molar-refractivity contribution is 7.00. The van der Waals surface area contributed by atoms with Gasteiger partial charge in [-0.1, -0.05) is 140 Å². The molecule has 0 unspecified atom stereocenters. The summed E-state index contributed by atoms with van der Waals surface area (Å²) in [7, 11) is 0. The van der Waals surface area contributed by atoms with Crippen LogP contribution < -0.4 is 16.4 Å². The van der Waals surface area contributed by atoms with Gasteiger partial charge in [0.25, 0.3) is 6.71 Å². The van der Waals surface area contributed by atoms with Gasteiger partial charge in [0.15, 0.2) is 0 Å². The number of hydrogen-bond donors (Lipinski definition) is 0. The van der Waals surface area contributed by atoms with Crippen LogP contribution >= 0.6 is 0 Å². The van der Waals surface area contributed by atoms with Gasteiger partial charge in [0.1, 0.15) is 0 Å². The van der Waals surface area contributed by atoms with Gasteiger partial charge in [0.05, 0.1) is 33.5 Å². The molecule has 0 radical (unpaired) electrons. The number of rotatable bonds is 2. The summed E-state index contributed by atoms with van der Waals surface area (Å²) in [6.45, 7) is -0.0652. The number of fused-ring (bicyclic) bond motifs is 24. The molecule has 0 saturated carbocycles. The highest BCUT2D eigenvalue weighted by atomic mass is 15.0. The van der Waals surface area contributed by atoms with Crippen LogP contribution in [0.3, 0.4) is 0 Å². The van der Waals surface area contributed by atoms with E-state index in [0.717, 1.165) is 22.5 Å². The van der Waals surface area contributed by atoms with Gasteiger partial charge in [0.2, 0.25) is 0 Å². The number of pyridine rings is 2. The summed E-state index contributed by atoms with van der Waals surface area (Å²) >= 11 is 0. The molecule has 0 aliphatic carbocycles. The lowest BCUT2D eigenvalue weighted by Gasteiger charge is -2.34. The second-order valence-electron chi connectivity index (χ2n) is 19.1. The lowest BCUT2D eigenvalue weighted by atomic mass is 9.34. The molecule has 5 heteroatoms. The van der Waals surface area contributed by atoms with E-state index in [9.17, 15) is 0 Å². The number of nitrogens with zero attached hydrogens (tertiary/aromatic N) is 4. The smallest absolute Gasteiger partial charge is 0.252 e. The lowest BCUT2D eigenvalue weighted by Crippen LogP contribution is -2.59. The van der Waals surface area contributed by atoms with E-state index in [2.05, 4.69) is 197 Å². The standard InChI is InChI=1S/C64H35BN4/c1-3-18-42-38(14-1)40-16-5-7-20-44(40)58-46(42)34-50-63-60(58)48-32-36(52-22-9-11-30-66-52)26-28-54(48)68(63)56-24-13-25-57-62(56)65(50)51-35-47-43-19-4-2-15-39(43)41-17-6-8-21-45(41)59(47)61-49-33-37(53-23-10-12-31-67-53)27-29-55(49)69(57)64(51)61/h1-35H. The molecule has 0 bridgehead atoms. The van der Waals surface area contributed by atoms with Crippen LogP contribution in [0.5, 0.6) is 0 Å². The zero-order chi connectivity index (χ0) is 44.6. The Morgan fingerprint density at radius 2 is 0.696 bits per heavy atom. The Bertz CT molecular complexity index is 4530. The van der Waals surface area contributed by atoms with Crippen molar-refractivity contribution < 1.29 is 0 Å². The van der Waals surface area contributed by atoms with Crippen LogP contribution in [0.2, 0.25) is 0 Å². The zero-order valence-corrected chi connectivity index (χ0v) is 37.1. The molecule has 2 aliphatic heterocycles. The Kier molecular flexibility index (Phi) is 6.74. The topological polar surface area (TPSA) is 35.6 Å². The van der Waals surface area contributed by atoms with Gasteiger partial charge in [-0.3, -0.25) is 9.97 Å². The van der Waals surface area contributed by atoms with Crippen LogP contribution in [0.15, 0.2) is 213 Å². The van der Waals surface area contributed by atoms with Gasteiger partial charge in [-0.25, -0.2) is 0 Å². The lowest BCUT2D eigenvalue weighted by molar-refractivity contribution is 1.14. The highest BCUT2D eigenvalue weighted by Gasteiger charge is 2.42. The summed E-state index contributed by atoms with van der Waals surface area (Å²) in [5, 5.41) is 20.5. The maximum absolute atomic E-state index is 4.87. The minimum absolute atomic E-state index is 0.0652. The first-order valence-electron chi connectivity index (χ1n) is 23.9. The minimum atomic E-state index is -0.0652. The van der Waals surface area contributed by atoms with Crippen molar-refractivity contribution in [2.75, 3.05) is 0 Å². The molecule has 0 N–H and O–H groups in total. The average Bonchev–Trinajstić information content (AvgIpc) is 3.95. The van der Waals surface area contributed by atoms with E-state index >= 15 is 0 Å². The van der Waals surface area contributed by atoms with Crippen LogP contribution in [0, 0.1) is 0 Å². The van der Waals surface area contributed by atoms with Gasteiger partial charge < -0.3 is 9.13 Å². The van der Waals surface area contributed by atoms with E-state index in [1.807, 2.05) is 24.5 Å². The van der Waals surface area contributed by atoms with Gasteiger partial charge in [-0.05, 0) is 131 Å². The maximum atomic E-state index is 4.87. The van der Waals surface area contributed by atoms with Gasteiger partial charge >= 0.3 is 0 Å². The SMILES string of the molecule is c1ccc(-c2ccc3c(c2)c2c4c5ccccc5c5ccccc5c4cc4c2n3-c2cccc3c2B4c2cc4c5ccccc5c5ccccc5c4c4c5cc(-c6ccccn6)ccc5n-3c24)nc1. The van der Waals surface area contributed by atoms with Crippen molar-refractivity contribution in [1.29, 1.82) is 0 Å². The van der Waals surface area contributed by atoms with Gasteiger partial charge in [-0.15, -0.1) is 0 Å². The third-order valence-corrected chi connectivity index (χ3v) is 15.9. The molecule has 2 aliphatic rings. The van der Waals surface area contributed by atoms with E-state index in [4.69, 9.17) is 9.97 Å². The van der Waals surface area contributed by atoms with E-state index < -0.39 is 0 Å².